The molecule has 1 aromatic rings. The van der Waals surface area contributed by atoms with Crippen LogP contribution in [0.15, 0.2) is 12.1 Å². The van der Waals surface area contributed by atoms with Crippen molar-refractivity contribution in [2.45, 2.75) is 26.7 Å². The Kier molecular flexibility index (Phi) is 8.78. The van der Waals surface area contributed by atoms with Crippen molar-refractivity contribution in [2.75, 3.05) is 45.8 Å². The number of anilines is 1. The van der Waals surface area contributed by atoms with Crippen LogP contribution < -0.4 is 19.5 Å². The molecule has 0 saturated carbocycles. The van der Waals surface area contributed by atoms with Gasteiger partial charge in [0, 0.05) is 12.1 Å². The molecular formula is C17H28N2O5. The van der Waals surface area contributed by atoms with Crippen LogP contribution in [0.2, 0.25) is 0 Å². The Morgan fingerprint density at radius 1 is 1.12 bits per heavy atom. The zero-order valence-electron chi connectivity index (χ0n) is 14.9. The van der Waals surface area contributed by atoms with E-state index < -0.39 is 6.09 Å². The Balaban J connectivity index is 2.67. The molecule has 0 aliphatic heterocycles. The molecule has 1 rings (SSSR count). The van der Waals surface area contributed by atoms with E-state index in [2.05, 4.69) is 24.1 Å². The van der Waals surface area contributed by atoms with Crippen LogP contribution in [0.3, 0.4) is 0 Å². The fourth-order valence-electron chi connectivity index (χ4n) is 2.37. The maximum Gasteiger partial charge on any atom is 0.409 e. The number of carbonyl (C=O) groups is 1. The van der Waals surface area contributed by atoms with E-state index in [0.29, 0.717) is 29.5 Å². The molecule has 0 heterocycles. The number of nitrogens with one attached hydrogen (secondary N) is 1. The fraction of sp³-hybridized carbons (Fsp3) is 0.588. The smallest absolute Gasteiger partial charge is 0.409 e. The number of methoxy groups -OCH3 is 2. The Bertz CT molecular complexity index is 493. The second-order valence-corrected chi connectivity index (χ2v) is 5.22. The van der Waals surface area contributed by atoms with Crippen LogP contribution in [0, 0.1) is 0 Å². The van der Waals surface area contributed by atoms with Gasteiger partial charge in [0.05, 0.1) is 26.5 Å². The first kappa shape index (κ1) is 19.9. The Hall–Kier alpha value is -2.15. The second-order valence-electron chi connectivity index (χ2n) is 5.22. The van der Waals surface area contributed by atoms with Gasteiger partial charge in [-0.3, -0.25) is 5.32 Å². The number of ether oxygens (including phenoxy) is 3. The zero-order chi connectivity index (χ0) is 17.9. The third-order valence-electron chi connectivity index (χ3n) is 3.72. The SMILES string of the molecule is CCN(CC)CCCCOc1c(OC)cc(NC(=O)O)cc1OC. The van der Waals surface area contributed by atoms with Gasteiger partial charge in [0.25, 0.3) is 0 Å². The molecule has 7 heteroatoms. The molecule has 136 valence electrons. The van der Waals surface area contributed by atoms with Gasteiger partial charge in [0.15, 0.2) is 11.5 Å². The van der Waals surface area contributed by atoms with E-state index in [9.17, 15) is 4.79 Å². The van der Waals surface area contributed by atoms with E-state index in [1.54, 1.807) is 12.1 Å². The molecule has 0 aromatic heterocycles. The van der Waals surface area contributed by atoms with Crippen LogP contribution >= 0.6 is 0 Å². The van der Waals surface area contributed by atoms with Crippen LogP contribution in [-0.4, -0.2) is 56.6 Å². The van der Waals surface area contributed by atoms with E-state index in [1.807, 2.05) is 0 Å². The summed E-state index contributed by atoms with van der Waals surface area (Å²) in [5, 5.41) is 11.1. The second kappa shape index (κ2) is 10.6. The van der Waals surface area contributed by atoms with E-state index in [4.69, 9.17) is 19.3 Å². The summed E-state index contributed by atoms with van der Waals surface area (Å²) < 4.78 is 16.4. The summed E-state index contributed by atoms with van der Waals surface area (Å²) in [4.78, 5) is 13.1. The number of benzene rings is 1. The summed E-state index contributed by atoms with van der Waals surface area (Å²) >= 11 is 0. The maximum atomic E-state index is 10.8. The lowest BCUT2D eigenvalue weighted by Gasteiger charge is -2.18. The summed E-state index contributed by atoms with van der Waals surface area (Å²) in [6, 6.07) is 3.14. The summed E-state index contributed by atoms with van der Waals surface area (Å²) in [6.07, 6.45) is 0.812. The molecule has 2 N–H and O–H groups in total. The minimum Gasteiger partial charge on any atom is -0.493 e. The highest BCUT2D eigenvalue weighted by atomic mass is 16.5. The maximum absolute atomic E-state index is 10.8. The summed E-state index contributed by atoms with van der Waals surface area (Å²) in [7, 11) is 3.01. The van der Waals surface area contributed by atoms with Crippen LogP contribution in [0.5, 0.6) is 17.2 Å². The normalized spacial score (nSPS) is 10.5. The van der Waals surface area contributed by atoms with Crippen molar-refractivity contribution >= 4 is 11.8 Å². The molecule has 0 atom stereocenters. The molecule has 0 aliphatic rings. The lowest BCUT2D eigenvalue weighted by Crippen LogP contribution is -2.24. The Morgan fingerprint density at radius 3 is 2.17 bits per heavy atom. The number of nitrogens with zero attached hydrogens (tertiary/aromatic N) is 1. The third-order valence-corrected chi connectivity index (χ3v) is 3.72. The molecule has 0 bridgehead atoms. The predicted octanol–water partition coefficient (Wildman–Crippen LogP) is 3.29. The minimum atomic E-state index is -1.15. The van der Waals surface area contributed by atoms with Gasteiger partial charge in [-0.05, 0) is 32.5 Å². The van der Waals surface area contributed by atoms with Gasteiger partial charge in [-0.2, -0.15) is 0 Å². The number of amides is 1. The molecule has 0 radical (unpaired) electrons. The first-order valence-electron chi connectivity index (χ1n) is 8.16. The first-order valence-corrected chi connectivity index (χ1v) is 8.16. The van der Waals surface area contributed by atoms with Crippen LogP contribution in [0.4, 0.5) is 10.5 Å². The molecule has 0 fully saturated rings. The highest BCUT2D eigenvalue weighted by Gasteiger charge is 2.15. The molecule has 0 saturated heterocycles. The molecule has 0 unspecified atom stereocenters. The van der Waals surface area contributed by atoms with Gasteiger partial charge >= 0.3 is 6.09 Å². The van der Waals surface area contributed by atoms with Crippen molar-refractivity contribution in [1.29, 1.82) is 0 Å². The lowest BCUT2D eigenvalue weighted by atomic mass is 10.2. The number of unbranched alkanes of at least 4 members (excludes halogenated alkanes) is 1. The highest BCUT2D eigenvalue weighted by molar-refractivity contribution is 5.84. The van der Waals surface area contributed by atoms with Gasteiger partial charge in [0.2, 0.25) is 5.75 Å². The van der Waals surface area contributed by atoms with Crippen LogP contribution in [0.1, 0.15) is 26.7 Å². The number of hydrogen-bond donors (Lipinski definition) is 2. The van der Waals surface area contributed by atoms with Crippen molar-refractivity contribution in [3.63, 3.8) is 0 Å². The monoisotopic (exact) mass is 340 g/mol. The van der Waals surface area contributed by atoms with Gasteiger partial charge in [-0.15, -0.1) is 0 Å². The van der Waals surface area contributed by atoms with Crippen LogP contribution in [0.25, 0.3) is 0 Å². The molecule has 0 spiro atoms. The standard InChI is InChI=1S/C17H28N2O5/c1-5-19(6-2)9-7-8-10-24-16-14(22-3)11-13(18-17(20)21)12-15(16)23-4/h11-12,18H,5-10H2,1-4H3,(H,20,21). The van der Waals surface area contributed by atoms with Gasteiger partial charge in [-0.1, -0.05) is 13.8 Å². The largest absolute Gasteiger partial charge is 0.493 e. The predicted molar refractivity (Wildman–Crippen MR) is 93.7 cm³/mol. The average Bonchev–Trinajstić information content (AvgIpc) is 2.57. The Morgan fingerprint density at radius 2 is 1.71 bits per heavy atom. The van der Waals surface area contributed by atoms with Crippen molar-refractivity contribution in [3.05, 3.63) is 12.1 Å². The molecule has 0 aliphatic carbocycles. The van der Waals surface area contributed by atoms with Crippen molar-refractivity contribution in [2.24, 2.45) is 0 Å². The van der Waals surface area contributed by atoms with E-state index in [1.165, 1.54) is 14.2 Å². The quantitative estimate of drug-likeness (QED) is 0.602. The van der Waals surface area contributed by atoms with Crippen molar-refractivity contribution in [3.8, 4) is 17.2 Å². The van der Waals surface area contributed by atoms with Gasteiger partial charge in [0.1, 0.15) is 0 Å². The molecule has 1 aromatic carbocycles. The van der Waals surface area contributed by atoms with E-state index in [-0.39, 0.29) is 0 Å². The van der Waals surface area contributed by atoms with Crippen molar-refractivity contribution in [1.82, 2.24) is 4.90 Å². The third kappa shape index (κ3) is 6.16. The van der Waals surface area contributed by atoms with Gasteiger partial charge < -0.3 is 24.2 Å². The van der Waals surface area contributed by atoms with Gasteiger partial charge in [-0.25, -0.2) is 4.79 Å². The Labute approximate surface area is 143 Å². The number of hydrogen-bond acceptors (Lipinski definition) is 5. The summed E-state index contributed by atoms with van der Waals surface area (Å²) in [5.74, 6) is 1.35. The zero-order valence-corrected chi connectivity index (χ0v) is 14.9. The first-order chi connectivity index (χ1) is 11.5. The van der Waals surface area contributed by atoms with Crippen LogP contribution in [-0.2, 0) is 0 Å². The lowest BCUT2D eigenvalue weighted by molar-refractivity contribution is 0.209. The molecule has 24 heavy (non-hydrogen) atoms. The van der Waals surface area contributed by atoms with E-state index >= 15 is 0 Å². The minimum absolute atomic E-state index is 0.366. The number of carboxylic acid groups (broad SMARTS) is 1. The fourth-order valence-corrected chi connectivity index (χ4v) is 2.37. The highest BCUT2D eigenvalue weighted by Crippen LogP contribution is 2.40. The molecule has 7 nitrogen and oxygen atoms in total. The van der Waals surface area contributed by atoms with E-state index in [0.717, 1.165) is 32.5 Å². The number of rotatable bonds is 11. The topological polar surface area (TPSA) is 80.3 Å². The molecular weight excluding hydrogens is 312 g/mol. The van der Waals surface area contributed by atoms with Crippen molar-refractivity contribution < 1.29 is 24.1 Å². The molecule has 1 amide bonds. The average molecular weight is 340 g/mol. The summed E-state index contributed by atoms with van der Waals surface area (Å²) in [6.45, 7) is 8.00. The summed E-state index contributed by atoms with van der Waals surface area (Å²) in [5.41, 5.74) is 0.366.